The Bertz CT molecular complexity index is 716. The molecule has 0 aromatic carbocycles. The first-order valence-corrected chi connectivity index (χ1v) is 5.33. The molecule has 0 fully saturated rings. The van der Waals surface area contributed by atoms with Gasteiger partial charge in [-0.3, -0.25) is 19.0 Å². The molecule has 0 bridgehead atoms. The molecule has 92 valence electrons. The number of hydrogen-bond acceptors (Lipinski definition) is 4. The topological polar surface area (TPSA) is 96.5 Å². The van der Waals surface area contributed by atoms with E-state index in [4.69, 9.17) is 5.26 Å². The van der Waals surface area contributed by atoms with Gasteiger partial charge in [-0.05, 0) is 12.5 Å². The third-order valence-electron chi connectivity index (χ3n) is 2.46. The van der Waals surface area contributed by atoms with E-state index >= 15 is 0 Å². The molecule has 0 amide bonds. The van der Waals surface area contributed by atoms with Crippen LogP contribution in [0.4, 0.5) is 0 Å². The van der Waals surface area contributed by atoms with Gasteiger partial charge in [0.1, 0.15) is 11.6 Å². The molecule has 0 spiro atoms. The minimum absolute atomic E-state index is 0.0776. The van der Waals surface area contributed by atoms with Gasteiger partial charge < -0.3 is 0 Å². The molecule has 2 aromatic heterocycles. The van der Waals surface area contributed by atoms with Crippen LogP contribution >= 0.6 is 0 Å². The second-order valence-electron chi connectivity index (χ2n) is 3.89. The molecule has 0 saturated heterocycles. The molecule has 0 aliphatic carbocycles. The summed E-state index contributed by atoms with van der Waals surface area (Å²) in [5, 5.41) is 12.8. The molecule has 2 heterocycles. The van der Waals surface area contributed by atoms with Gasteiger partial charge in [-0.2, -0.15) is 10.4 Å². The van der Waals surface area contributed by atoms with Gasteiger partial charge in [0.05, 0.1) is 12.7 Å². The summed E-state index contributed by atoms with van der Waals surface area (Å²) in [6, 6.07) is 1.74. The Morgan fingerprint density at radius 1 is 1.39 bits per heavy atom. The van der Waals surface area contributed by atoms with Gasteiger partial charge in [0.2, 0.25) is 0 Å². The molecule has 0 saturated carbocycles. The monoisotopic (exact) mass is 245 g/mol. The summed E-state index contributed by atoms with van der Waals surface area (Å²) in [6.07, 6.45) is 4.83. The number of aromatic nitrogens is 4. The van der Waals surface area contributed by atoms with E-state index in [0.29, 0.717) is 13.1 Å². The molecule has 7 heteroatoms. The van der Waals surface area contributed by atoms with Crippen LogP contribution in [0, 0.1) is 18.3 Å². The number of nitrogens with zero attached hydrogens (tertiary/aromatic N) is 4. The lowest BCUT2D eigenvalue weighted by Gasteiger charge is -2.05. The average Bonchev–Trinajstić information content (AvgIpc) is 2.74. The number of aryl methyl sites for hydroxylation is 3. The van der Waals surface area contributed by atoms with Gasteiger partial charge in [0.25, 0.3) is 5.56 Å². The lowest BCUT2D eigenvalue weighted by molar-refractivity contribution is 0.515. The van der Waals surface area contributed by atoms with Crippen molar-refractivity contribution in [3.63, 3.8) is 0 Å². The second kappa shape index (κ2) is 4.71. The highest BCUT2D eigenvalue weighted by molar-refractivity contribution is 5.21. The number of nitriles is 1. The standard InChI is InChI=1S/C11H11N5O2/c1-8-5-13-16(6-8)3-2-15-7-9(4-12)10(17)14-11(15)18/h5-7H,2-3H2,1H3,(H,14,17,18). The van der Waals surface area contributed by atoms with Gasteiger partial charge in [0, 0.05) is 18.9 Å². The molecule has 0 aliphatic heterocycles. The molecular formula is C11H11N5O2. The normalized spacial score (nSPS) is 10.2. The fourth-order valence-corrected chi connectivity index (χ4v) is 1.55. The minimum atomic E-state index is -0.659. The van der Waals surface area contributed by atoms with Crippen LogP contribution in [0.2, 0.25) is 0 Å². The van der Waals surface area contributed by atoms with Crippen molar-refractivity contribution < 1.29 is 0 Å². The van der Waals surface area contributed by atoms with E-state index in [1.165, 1.54) is 10.8 Å². The van der Waals surface area contributed by atoms with E-state index in [1.807, 2.05) is 13.1 Å². The van der Waals surface area contributed by atoms with Gasteiger partial charge in [-0.1, -0.05) is 0 Å². The molecule has 0 atom stereocenters. The summed E-state index contributed by atoms with van der Waals surface area (Å²) >= 11 is 0. The zero-order valence-electron chi connectivity index (χ0n) is 9.75. The maximum absolute atomic E-state index is 11.5. The first-order chi connectivity index (χ1) is 8.60. The number of hydrogen-bond donors (Lipinski definition) is 1. The van der Waals surface area contributed by atoms with Crippen molar-refractivity contribution in [2.75, 3.05) is 0 Å². The Kier molecular flexibility index (Phi) is 3.10. The summed E-state index contributed by atoms with van der Waals surface area (Å²) < 4.78 is 2.98. The van der Waals surface area contributed by atoms with Gasteiger partial charge in [-0.25, -0.2) is 4.79 Å². The van der Waals surface area contributed by atoms with Crippen molar-refractivity contribution in [2.24, 2.45) is 0 Å². The molecule has 7 nitrogen and oxygen atoms in total. The lowest BCUT2D eigenvalue weighted by Crippen LogP contribution is -2.32. The maximum Gasteiger partial charge on any atom is 0.328 e. The van der Waals surface area contributed by atoms with E-state index in [2.05, 4.69) is 10.1 Å². The number of H-pyrrole nitrogens is 1. The van der Waals surface area contributed by atoms with Crippen molar-refractivity contribution in [3.05, 3.63) is 50.6 Å². The van der Waals surface area contributed by atoms with Crippen LogP contribution in [0.3, 0.4) is 0 Å². The Labute approximate surface area is 102 Å². The number of aromatic amines is 1. The number of rotatable bonds is 3. The first-order valence-electron chi connectivity index (χ1n) is 5.33. The summed E-state index contributed by atoms with van der Waals surface area (Å²) in [5.41, 5.74) is -0.232. The maximum atomic E-state index is 11.5. The quantitative estimate of drug-likeness (QED) is 0.796. The van der Waals surface area contributed by atoms with E-state index in [0.717, 1.165) is 5.56 Å². The summed E-state index contributed by atoms with van der Waals surface area (Å²) in [5.74, 6) is 0. The third kappa shape index (κ3) is 2.38. The molecular weight excluding hydrogens is 234 g/mol. The zero-order valence-corrected chi connectivity index (χ0v) is 9.75. The van der Waals surface area contributed by atoms with Crippen LogP contribution in [0.25, 0.3) is 0 Å². The molecule has 2 aromatic rings. The van der Waals surface area contributed by atoms with Crippen LogP contribution < -0.4 is 11.2 Å². The fourth-order valence-electron chi connectivity index (χ4n) is 1.55. The van der Waals surface area contributed by atoms with E-state index in [9.17, 15) is 9.59 Å². The lowest BCUT2D eigenvalue weighted by atomic mass is 10.4. The highest BCUT2D eigenvalue weighted by atomic mass is 16.2. The van der Waals surface area contributed by atoms with Gasteiger partial charge >= 0.3 is 5.69 Å². The van der Waals surface area contributed by atoms with Crippen LogP contribution in [-0.2, 0) is 13.1 Å². The molecule has 18 heavy (non-hydrogen) atoms. The Morgan fingerprint density at radius 2 is 2.17 bits per heavy atom. The Morgan fingerprint density at radius 3 is 2.78 bits per heavy atom. The smallest absolute Gasteiger partial charge is 0.297 e. The van der Waals surface area contributed by atoms with Crippen LogP contribution in [0.15, 0.2) is 28.2 Å². The minimum Gasteiger partial charge on any atom is -0.297 e. The van der Waals surface area contributed by atoms with Crippen molar-refractivity contribution in [2.45, 2.75) is 20.0 Å². The Balaban J connectivity index is 2.22. The van der Waals surface area contributed by atoms with Gasteiger partial charge in [0.15, 0.2) is 0 Å². The second-order valence-corrected chi connectivity index (χ2v) is 3.89. The molecule has 0 aliphatic rings. The third-order valence-corrected chi connectivity index (χ3v) is 2.46. The highest BCUT2D eigenvalue weighted by Gasteiger charge is 2.04. The van der Waals surface area contributed by atoms with Crippen LogP contribution in [0.5, 0.6) is 0 Å². The van der Waals surface area contributed by atoms with Crippen LogP contribution in [0.1, 0.15) is 11.1 Å². The van der Waals surface area contributed by atoms with E-state index < -0.39 is 11.2 Å². The zero-order chi connectivity index (χ0) is 13.1. The fraction of sp³-hybridized carbons (Fsp3) is 0.273. The molecule has 0 unspecified atom stereocenters. The predicted octanol–water partition coefficient (Wildman–Crippen LogP) is -0.387. The van der Waals surface area contributed by atoms with Crippen molar-refractivity contribution in [1.82, 2.24) is 19.3 Å². The molecule has 1 N–H and O–H groups in total. The first kappa shape index (κ1) is 11.9. The average molecular weight is 245 g/mol. The van der Waals surface area contributed by atoms with Crippen molar-refractivity contribution in [1.29, 1.82) is 5.26 Å². The summed E-state index contributed by atoms with van der Waals surface area (Å²) in [4.78, 5) is 24.8. The van der Waals surface area contributed by atoms with E-state index in [1.54, 1.807) is 16.9 Å². The van der Waals surface area contributed by atoms with Crippen LogP contribution in [-0.4, -0.2) is 19.3 Å². The number of nitrogens with one attached hydrogen (secondary N) is 1. The Hall–Kier alpha value is -2.62. The van der Waals surface area contributed by atoms with Gasteiger partial charge in [-0.15, -0.1) is 0 Å². The molecule has 0 radical (unpaired) electrons. The predicted molar refractivity (Wildman–Crippen MR) is 63.0 cm³/mol. The SMILES string of the molecule is Cc1cnn(CCn2cc(C#N)c(=O)[nH]c2=O)c1. The summed E-state index contributed by atoms with van der Waals surface area (Å²) in [7, 11) is 0. The van der Waals surface area contributed by atoms with Crippen molar-refractivity contribution in [3.8, 4) is 6.07 Å². The molecule has 2 rings (SSSR count). The highest BCUT2D eigenvalue weighted by Crippen LogP contribution is 1.95. The summed E-state index contributed by atoms with van der Waals surface area (Å²) in [6.45, 7) is 2.75. The van der Waals surface area contributed by atoms with Crippen molar-refractivity contribution >= 4 is 0 Å². The largest absolute Gasteiger partial charge is 0.328 e. The van der Waals surface area contributed by atoms with E-state index in [-0.39, 0.29) is 5.56 Å².